The van der Waals surface area contributed by atoms with E-state index < -0.39 is 41.9 Å². The number of aliphatic hydroxyl groups excluding tert-OH is 1. The molecule has 0 spiro atoms. The fourth-order valence-corrected chi connectivity index (χ4v) is 2.08. The van der Waals surface area contributed by atoms with E-state index in [1.807, 2.05) is 0 Å². The predicted molar refractivity (Wildman–Crippen MR) is 87.5 cm³/mol. The zero-order valence-corrected chi connectivity index (χ0v) is 14.4. The van der Waals surface area contributed by atoms with Crippen LogP contribution in [0.2, 0.25) is 0 Å². The molecule has 1 aliphatic heterocycles. The summed E-state index contributed by atoms with van der Waals surface area (Å²) >= 11 is 0. The molecule has 1 heterocycles. The minimum absolute atomic E-state index is 0.204. The highest BCUT2D eigenvalue weighted by atomic mass is 16.7. The molecule has 0 radical (unpaired) electrons. The molecule has 9 heteroatoms. The number of hydrogen-bond acceptors (Lipinski definition) is 8. The zero-order valence-electron chi connectivity index (χ0n) is 14.4. The number of nitrogens with zero attached hydrogens (tertiary/aromatic N) is 1. The van der Waals surface area contributed by atoms with Crippen molar-refractivity contribution < 1.29 is 33.9 Å². The highest BCUT2D eigenvalue weighted by Crippen LogP contribution is 2.22. The number of nitrogens with one attached hydrogen (secondary N) is 1. The van der Waals surface area contributed by atoms with Crippen LogP contribution in [-0.2, 0) is 19.2 Å². The number of esters is 1. The number of carbonyl (C=O) groups is 3. The van der Waals surface area contributed by atoms with Gasteiger partial charge < -0.3 is 9.84 Å². The Kier molecular flexibility index (Phi) is 5.56. The molecular weight excluding hydrogens is 344 g/mol. The second kappa shape index (κ2) is 7.49. The van der Waals surface area contributed by atoms with Crippen molar-refractivity contribution in [3.8, 4) is 0 Å². The number of hydrogen-bond donors (Lipinski definition) is 2. The lowest BCUT2D eigenvalue weighted by Crippen LogP contribution is -2.45. The maximum atomic E-state index is 12.2. The van der Waals surface area contributed by atoms with E-state index >= 15 is 0 Å². The first-order chi connectivity index (χ1) is 12.2. The number of rotatable bonds is 6. The lowest BCUT2D eigenvalue weighted by molar-refractivity contribution is -0.158. The number of benzene rings is 1. The molecular formula is C17H18N2O7. The van der Waals surface area contributed by atoms with Crippen molar-refractivity contribution in [2.45, 2.75) is 32.4 Å². The van der Waals surface area contributed by atoms with Gasteiger partial charge in [-0.05, 0) is 32.9 Å². The molecule has 0 saturated carbocycles. The molecule has 1 aromatic carbocycles. The highest BCUT2D eigenvalue weighted by Gasteiger charge is 2.37. The molecule has 1 atom stereocenters. The quantitative estimate of drug-likeness (QED) is 0.250. The molecule has 1 aromatic rings. The molecule has 2 amide bonds. The molecule has 9 nitrogen and oxygen atoms in total. The van der Waals surface area contributed by atoms with Gasteiger partial charge in [0, 0.05) is 0 Å². The van der Waals surface area contributed by atoms with E-state index in [2.05, 4.69) is 5.48 Å². The van der Waals surface area contributed by atoms with Gasteiger partial charge in [-0.25, -0.2) is 14.5 Å². The van der Waals surface area contributed by atoms with Gasteiger partial charge in [-0.3, -0.25) is 14.4 Å². The Morgan fingerprint density at radius 2 is 1.77 bits per heavy atom. The Bertz CT molecular complexity index is 756. The molecule has 1 aliphatic rings. The minimum Gasteiger partial charge on any atom is -0.500 e. The van der Waals surface area contributed by atoms with Crippen LogP contribution in [0.1, 0.15) is 41.5 Å². The number of carbonyl (C=O) groups excluding carboxylic acids is 4. The maximum absolute atomic E-state index is 12.2. The van der Waals surface area contributed by atoms with Gasteiger partial charge in [0.1, 0.15) is 0 Å². The smallest absolute Gasteiger partial charge is 0.335 e. The van der Waals surface area contributed by atoms with Crippen LogP contribution >= 0.6 is 0 Å². The second-order valence-corrected chi connectivity index (χ2v) is 6.43. The van der Waals surface area contributed by atoms with Gasteiger partial charge in [-0.15, -0.1) is 0 Å². The second-order valence-electron chi connectivity index (χ2n) is 6.43. The lowest BCUT2D eigenvalue weighted by atomic mass is 10.1. The van der Waals surface area contributed by atoms with Crippen molar-refractivity contribution in [1.29, 1.82) is 0 Å². The fourth-order valence-electron chi connectivity index (χ4n) is 2.08. The summed E-state index contributed by atoms with van der Waals surface area (Å²) in [5.74, 6) is -2.15. The summed E-state index contributed by atoms with van der Waals surface area (Å²) in [4.78, 5) is 53.1. The number of aliphatic hydroxyl groups is 1. The average Bonchev–Trinajstić information content (AvgIpc) is 2.83. The van der Waals surface area contributed by atoms with Crippen molar-refractivity contribution >= 4 is 23.7 Å². The van der Waals surface area contributed by atoms with Crippen LogP contribution in [0.3, 0.4) is 0 Å². The van der Waals surface area contributed by atoms with Gasteiger partial charge in [0.25, 0.3) is 11.8 Å². The molecule has 0 aromatic heterocycles. The molecule has 0 unspecified atom stereocenters. The average molecular weight is 362 g/mol. The molecule has 0 fully saturated rings. The van der Waals surface area contributed by atoms with Crippen LogP contribution in [0.5, 0.6) is 0 Å². The molecule has 0 bridgehead atoms. The maximum Gasteiger partial charge on any atom is 0.335 e. The molecule has 2 N–H and O–H groups in total. The molecule has 0 aliphatic carbocycles. The number of amides is 2. The summed E-state index contributed by atoms with van der Waals surface area (Å²) in [6.45, 7) is 4.33. The SMILES string of the molecule is CC(C)(C)ON[C@H](C(=O)OCN1C(=O)c2ccccc2C1=O)C(O)=C=O. The van der Waals surface area contributed by atoms with Crippen molar-refractivity contribution in [3.63, 3.8) is 0 Å². The van der Waals surface area contributed by atoms with Crippen LogP contribution < -0.4 is 5.48 Å². The van der Waals surface area contributed by atoms with E-state index in [1.165, 1.54) is 18.1 Å². The van der Waals surface area contributed by atoms with E-state index in [0.29, 0.717) is 0 Å². The summed E-state index contributed by atoms with van der Waals surface area (Å²) in [7, 11) is 0. The zero-order chi connectivity index (χ0) is 19.5. The number of imide groups is 1. The number of fused-ring (bicyclic) bond motifs is 1. The van der Waals surface area contributed by atoms with Crippen molar-refractivity contribution in [3.05, 3.63) is 41.2 Å². The van der Waals surface area contributed by atoms with Crippen LogP contribution in [0.25, 0.3) is 0 Å². The first-order valence-corrected chi connectivity index (χ1v) is 7.65. The van der Waals surface area contributed by atoms with E-state index in [0.717, 1.165) is 4.90 Å². The van der Waals surface area contributed by atoms with Crippen molar-refractivity contribution in [2.24, 2.45) is 0 Å². The van der Waals surface area contributed by atoms with E-state index in [9.17, 15) is 24.3 Å². The topological polar surface area (TPSA) is 122 Å². The largest absolute Gasteiger partial charge is 0.500 e. The standard InChI is InChI=1S/C17H18N2O7/c1-17(2,3)26-18-13(12(21)8-20)16(24)25-9-19-14(22)10-6-4-5-7-11(10)15(19)23/h4-7,13,18,21H,9H2,1-3H3/t13-/m0/s1. The summed E-state index contributed by atoms with van der Waals surface area (Å²) in [5.41, 5.74) is 1.89. The summed E-state index contributed by atoms with van der Waals surface area (Å²) < 4.78 is 4.89. The van der Waals surface area contributed by atoms with E-state index in [4.69, 9.17) is 9.57 Å². The van der Waals surface area contributed by atoms with Crippen molar-refractivity contribution in [2.75, 3.05) is 6.73 Å². The predicted octanol–water partition coefficient (Wildman–Crippen LogP) is 0.745. The van der Waals surface area contributed by atoms with E-state index in [-0.39, 0.29) is 11.1 Å². The summed E-state index contributed by atoms with van der Waals surface area (Å²) in [6.07, 6.45) is 0. The van der Waals surface area contributed by atoms with Gasteiger partial charge in [-0.2, -0.15) is 5.48 Å². The Balaban J connectivity index is 2.05. The Morgan fingerprint density at radius 3 is 2.23 bits per heavy atom. The fraction of sp³-hybridized carbons (Fsp3) is 0.353. The Morgan fingerprint density at radius 1 is 1.23 bits per heavy atom. The third kappa shape index (κ3) is 4.15. The number of ether oxygens (including phenoxy) is 1. The third-order valence-corrected chi connectivity index (χ3v) is 3.31. The third-order valence-electron chi connectivity index (χ3n) is 3.31. The van der Waals surface area contributed by atoms with Gasteiger partial charge in [0.05, 0.1) is 16.7 Å². The van der Waals surface area contributed by atoms with Crippen molar-refractivity contribution in [1.82, 2.24) is 10.4 Å². The van der Waals surface area contributed by atoms with Crippen LogP contribution in [0.4, 0.5) is 0 Å². The van der Waals surface area contributed by atoms with Gasteiger partial charge >= 0.3 is 5.97 Å². The van der Waals surface area contributed by atoms with Crippen LogP contribution in [-0.4, -0.2) is 52.1 Å². The first kappa shape index (κ1) is 19.3. The molecule has 0 saturated heterocycles. The molecule has 138 valence electrons. The van der Waals surface area contributed by atoms with Gasteiger partial charge in [-0.1, -0.05) is 12.1 Å². The first-order valence-electron chi connectivity index (χ1n) is 7.65. The molecule has 2 rings (SSSR count). The monoisotopic (exact) mass is 362 g/mol. The normalized spacial score (nSPS) is 14.7. The van der Waals surface area contributed by atoms with Gasteiger partial charge in [0.15, 0.2) is 18.7 Å². The highest BCUT2D eigenvalue weighted by molar-refractivity contribution is 6.21. The van der Waals surface area contributed by atoms with E-state index in [1.54, 1.807) is 32.9 Å². The van der Waals surface area contributed by atoms with Crippen LogP contribution in [0.15, 0.2) is 30.0 Å². The Labute approximate surface area is 149 Å². The summed E-state index contributed by atoms with van der Waals surface area (Å²) in [5, 5.41) is 9.53. The molecule has 26 heavy (non-hydrogen) atoms. The lowest BCUT2D eigenvalue weighted by Gasteiger charge is -2.23. The Hall–Kier alpha value is -3.00. The number of hydroxylamine groups is 1. The van der Waals surface area contributed by atoms with Gasteiger partial charge in [0.2, 0.25) is 5.76 Å². The summed E-state index contributed by atoms with van der Waals surface area (Å²) in [6, 6.07) is 4.54. The van der Waals surface area contributed by atoms with Crippen LogP contribution in [0, 0.1) is 0 Å². The minimum atomic E-state index is -1.65.